The van der Waals surface area contributed by atoms with Crippen molar-refractivity contribution < 1.29 is 19.0 Å². The summed E-state index contributed by atoms with van der Waals surface area (Å²) in [6, 6.07) is 12.2. The lowest BCUT2D eigenvalue weighted by atomic mass is 9.94. The first-order chi connectivity index (χ1) is 15.1. The molecule has 0 radical (unpaired) electrons. The first-order valence-electron chi connectivity index (χ1n) is 9.61. The minimum atomic E-state index is -0.529. The first kappa shape index (κ1) is 20.3. The Labute approximate surface area is 179 Å². The Hall–Kier alpha value is -4.01. The first-order valence-corrected chi connectivity index (χ1v) is 9.61. The zero-order valence-corrected chi connectivity index (χ0v) is 17.7. The van der Waals surface area contributed by atoms with Gasteiger partial charge < -0.3 is 24.8 Å². The topological polar surface area (TPSA) is 99.5 Å². The summed E-state index contributed by atoms with van der Waals surface area (Å²) in [6.45, 7) is 1.83. The summed E-state index contributed by atoms with van der Waals surface area (Å²) in [5.41, 5.74) is 2.47. The number of anilines is 2. The van der Waals surface area contributed by atoms with E-state index in [2.05, 4.69) is 20.7 Å². The highest BCUT2D eigenvalue weighted by molar-refractivity contribution is 6.06. The van der Waals surface area contributed by atoms with Gasteiger partial charge in [-0.05, 0) is 25.1 Å². The average Bonchev–Trinajstić information content (AvgIpc) is 3.26. The number of fused-ring (bicyclic) bond motifs is 1. The van der Waals surface area contributed by atoms with E-state index in [0.717, 1.165) is 5.56 Å². The summed E-state index contributed by atoms with van der Waals surface area (Å²) in [7, 11) is 4.71. The molecule has 9 nitrogen and oxygen atoms in total. The Morgan fingerprint density at radius 2 is 1.84 bits per heavy atom. The highest BCUT2D eigenvalue weighted by Gasteiger charge is 2.35. The van der Waals surface area contributed by atoms with E-state index in [9.17, 15) is 4.79 Å². The van der Waals surface area contributed by atoms with Crippen molar-refractivity contribution in [1.29, 1.82) is 0 Å². The number of allylic oxidation sites excluding steroid dienone is 1. The van der Waals surface area contributed by atoms with Crippen LogP contribution in [0, 0.1) is 0 Å². The van der Waals surface area contributed by atoms with Crippen LogP contribution in [0.4, 0.5) is 11.6 Å². The van der Waals surface area contributed by atoms with E-state index < -0.39 is 6.04 Å². The Kier molecular flexibility index (Phi) is 5.48. The maximum atomic E-state index is 13.5. The van der Waals surface area contributed by atoms with E-state index in [4.69, 9.17) is 14.2 Å². The van der Waals surface area contributed by atoms with Crippen molar-refractivity contribution in [3.63, 3.8) is 0 Å². The van der Waals surface area contributed by atoms with Crippen LogP contribution in [0.2, 0.25) is 0 Å². The van der Waals surface area contributed by atoms with Crippen molar-refractivity contribution in [3.8, 4) is 17.2 Å². The van der Waals surface area contributed by atoms with Crippen LogP contribution in [0.25, 0.3) is 0 Å². The molecule has 0 spiro atoms. The molecular weight excluding hydrogens is 398 g/mol. The van der Waals surface area contributed by atoms with E-state index in [0.29, 0.717) is 40.2 Å². The smallest absolute Gasteiger partial charge is 0.255 e. The number of hydrogen-bond acceptors (Lipinski definition) is 7. The average molecular weight is 421 g/mol. The number of ether oxygens (including phenoxy) is 3. The number of methoxy groups -OCH3 is 3. The van der Waals surface area contributed by atoms with Crippen molar-refractivity contribution in [3.05, 3.63) is 65.6 Å². The Morgan fingerprint density at radius 3 is 2.58 bits per heavy atom. The number of nitrogens with one attached hydrogen (secondary N) is 2. The fourth-order valence-corrected chi connectivity index (χ4v) is 3.66. The van der Waals surface area contributed by atoms with Crippen LogP contribution in [0.3, 0.4) is 0 Å². The summed E-state index contributed by atoms with van der Waals surface area (Å²) in [4.78, 5) is 17.8. The van der Waals surface area contributed by atoms with Gasteiger partial charge in [-0.25, -0.2) is 4.68 Å². The van der Waals surface area contributed by atoms with Gasteiger partial charge >= 0.3 is 0 Å². The maximum absolute atomic E-state index is 13.5. The molecule has 0 saturated heterocycles. The van der Waals surface area contributed by atoms with E-state index in [-0.39, 0.29) is 5.91 Å². The van der Waals surface area contributed by atoms with Gasteiger partial charge in [0, 0.05) is 17.3 Å². The summed E-state index contributed by atoms with van der Waals surface area (Å²) >= 11 is 0. The van der Waals surface area contributed by atoms with Crippen molar-refractivity contribution in [2.24, 2.45) is 0 Å². The van der Waals surface area contributed by atoms with E-state index in [1.165, 1.54) is 13.4 Å². The second-order valence-corrected chi connectivity index (χ2v) is 6.86. The third-order valence-corrected chi connectivity index (χ3v) is 5.13. The van der Waals surface area contributed by atoms with Gasteiger partial charge in [-0.1, -0.05) is 18.2 Å². The van der Waals surface area contributed by atoms with Crippen LogP contribution in [0.15, 0.2) is 60.1 Å². The highest BCUT2D eigenvalue weighted by Crippen LogP contribution is 2.39. The number of carbonyl (C=O) groups excluding carboxylic acids is 1. The lowest BCUT2D eigenvalue weighted by molar-refractivity contribution is -0.113. The molecule has 0 fully saturated rings. The zero-order valence-electron chi connectivity index (χ0n) is 17.7. The van der Waals surface area contributed by atoms with E-state index in [1.807, 2.05) is 31.2 Å². The summed E-state index contributed by atoms with van der Waals surface area (Å²) in [5, 5.41) is 10.5. The zero-order chi connectivity index (χ0) is 22.0. The SMILES string of the molecule is COc1ccc(NC(=O)C2=C(C)Nc3ncnn3C2c2ccccc2OC)c(OC)c1. The molecule has 1 aliphatic heterocycles. The second-order valence-electron chi connectivity index (χ2n) is 6.86. The quantitative estimate of drug-likeness (QED) is 0.630. The fourth-order valence-electron chi connectivity index (χ4n) is 3.66. The molecule has 0 saturated carbocycles. The summed E-state index contributed by atoms with van der Waals surface area (Å²) in [5.74, 6) is 2.02. The molecule has 4 rings (SSSR count). The van der Waals surface area contributed by atoms with Gasteiger partial charge in [-0.3, -0.25) is 4.79 Å². The third kappa shape index (κ3) is 3.65. The molecule has 2 aromatic carbocycles. The van der Waals surface area contributed by atoms with Crippen LogP contribution in [0.1, 0.15) is 18.5 Å². The predicted octanol–water partition coefficient (Wildman–Crippen LogP) is 3.23. The maximum Gasteiger partial charge on any atom is 0.255 e. The molecule has 1 aromatic heterocycles. The molecule has 1 atom stereocenters. The fraction of sp³-hybridized carbons (Fsp3) is 0.227. The van der Waals surface area contributed by atoms with Crippen LogP contribution in [-0.2, 0) is 4.79 Å². The number of para-hydroxylation sites is 1. The van der Waals surface area contributed by atoms with Gasteiger partial charge in [0.15, 0.2) is 0 Å². The molecular formula is C22H23N5O4. The number of amides is 1. The number of hydrogen-bond donors (Lipinski definition) is 2. The van der Waals surface area contributed by atoms with Crippen molar-refractivity contribution in [1.82, 2.24) is 14.8 Å². The molecule has 1 aliphatic rings. The minimum absolute atomic E-state index is 0.300. The molecule has 31 heavy (non-hydrogen) atoms. The summed E-state index contributed by atoms with van der Waals surface area (Å²) < 4.78 is 17.9. The Balaban J connectivity index is 1.77. The van der Waals surface area contributed by atoms with Gasteiger partial charge in [0.2, 0.25) is 5.95 Å². The second kappa shape index (κ2) is 8.39. The standard InChI is InChI=1S/C22H23N5O4/c1-13-19(21(28)26-16-10-9-14(29-2)11-18(16)31-4)20(27-22(25-13)23-12-24-27)15-7-5-6-8-17(15)30-3/h5-12,20H,1-4H3,(H,26,28)(H,23,24,25). The van der Waals surface area contributed by atoms with Crippen molar-refractivity contribution in [2.45, 2.75) is 13.0 Å². The van der Waals surface area contributed by atoms with Gasteiger partial charge in [0.1, 0.15) is 29.6 Å². The Morgan fingerprint density at radius 1 is 1.06 bits per heavy atom. The summed E-state index contributed by atoms with van der Waals surface area (Å²) in [6.07, 6.45) is 1.45. The lowest BCUT2D eigenvalue weighted by Crippen LogP contribution is -2.31. The highest BCUT2D eigenvalue weighted by atomic mass is 16.5. The van der Waals surface area contributed by atoms with E-state index in [1.54, 1.807) is 37.1 Å². The van der Waals surface area contributed by atoms with Gasteiger partial charge in [-0.2, -0.15) is 10.1 Å². The van der Waals surface area contributed by atoms with Gasteiger partial charge in [0.05, 0.1) is 32.6 Å². The molecule has 160 valence electrons. The minimum Gasteiger partial charge on any atom is -0.497 e. The molecule has 1 unspecified atom stereocenters. The number of rotatable bonds is 6. The monoisotopic (exact) mass is 421 g/mol. The Bertz CT molecular complexity index is 1150. The molecule has 9 heteroatoms. The van der Waals surface area contributed by atoms with Gasteiger partial charge in [-0.15, -0.1) is 0 Å². The van der Waals surface area contributed by atoms with Crippen molar-refractivity contribution in [2.75, 3.05) is 32.0 Å². The lowest BCUT2D eigenvalue weighted by Gasteiger charge is -2.29. The number of carbonyl (C=O) groups is 1. The molecule has 2 heterocycles. The van der Waals surface area contributed by atoms with E-state index >= 15 is 0 Å². The normalized spacial score (nSPS) is 15.0. The molecule has 0 bridgehead atoms. The van der Waals surface area contributed by atoms with Crippen molar-refractivity contribution >= 4 is 17.5 Å². The number of aromatic nitrogens is 3. The third-order valence-electron chi connectivity index (χ3n) is 5.13. The molecule has 2 N–H and O–H groups in total. The molecule has 1 amide bonds. The van der Waals surface area contributed by atoms with Crippen LogP contribution in [0.5, 0.6) is 17.2 Å². The predicted molar refractivity (Wildman–Crippen MR) is 116 cm³/mol. The number of benzene rings is 2. The van der Waals surface area contributed by atoms with Crippen LogP contribution >= 0.6 is 0 Å². The molecule has 3 aromatic rings. The van der Waals surface area contributed by atoms with Crippen LogP contribution in [-0.4, -0.2) is 42.0 Å². The van der Waals surface area contributed by atoms with Gasteiger partial charge in [0.25, 0.3) is 5.91 Å². The molecule has 0 aliphatic carbocycles. The van der Waals surface area contributed by atoms with Crippen LogP contribution < -0.4 is 24.8 Å². The largest absolute Gasteiger partial charge is 0.497 e. The number of nitrogens with zero attached hydrogens (tertiary/aromatic N) is 3.